The number of fused-ring (bicyclic) bond motifs is 1. The summed E-state index contributed by atoms with van der Waals surface area (Å²) >= 11 is 0. The number of hydrogen-bond acceptors (Lipinski definition) is 5. The van der Waals surface area contributed by atoms with Gasteiger partial charge in [0.15, 0.2) is 0 Å². The van der Waals surface area contributed by atoms with Gasteiger partial charge in [0.2, 0.25) is 5.91 Å². The topological polar surface area (TPSA) is 101 Å². The average Bonchev–Trinajstić information content (AvgIpc) is 3.04. The largest absolute Gasteiger partial charge is 0.480 e. The number of alkyl halides is 9. The zero-order chi connectivity index (χ0) is 37.7. The van der Waals surface area contributed by atoms with Gasteiger partial charge in [-0.3, -0.25) is 14.5 Å². The summed E-state index contributed by atoms with van der Waals surface area (Å²) < 4.78 is 129. The van der Waals surface area contributed by atoms with Crippen molar-refractivity contribution in [3.05, 3.63) is 69.6 Å². The first-order chi connectivity index (χ1) is 23.6. The molecule has 1 saturated carbocycles. The highest BCUT2D eigenvalue weighted by molar-refractivity contribution is 5.99. The summed E-state index contributed by atoms with van der Waals surface area (Å²) in [6.45, 7) is 1.33. The predicted octanol–water partition coefficient (Wildman–Crippen LogP) is 6.57. The van der Waals surface area contributed by atoms with Crippen LogP contribution in [0, 0.1) is 5.41 Å². The lowest BCUT2D eigenvalue weighted by molar-refractivity contribution is -0.221. The highest BCUT2D eigenvalue weighted by Crippen LogP contribution is 2.42. The fourth-order valence-corrected chi connectivity index (χ4v) is 7.11. The lowest BCUT2D eigenvalue weighted by Gasteiger charge is -2.46. The molecule has 3 aromatic rings. The molecule has 8 nitrogen and oxygen atoms in total. The molecule has 0 radical (unpaired) electrons. The van der Waals surface area contributed by atoms with Gasteiger partial charge in [-0.15, -0.1) is 0 Å². The number of morpholine rings is 1. The number of halogens is 9. The molecule has 1 saturated heterocycles. The van der Waals surface area contributed by atoms with Crippen molar-refractivity contribution in [3.63, 3.8) is 0 Å². The Morgan fingerprint density at radius 3 is 2.20 bits per heavy atom. The Hall–Kier alpha value is -4.12. The van der Waals surface area contributed by atoms with Crippen LogP contribution in [0.25, 0.3) is 21.9 Å². The number of rotatable bonds is 7. The summed E-state index contributed by atoms with van der Waals surface area (Å²) in [6.07, 6.45) is -14.6. The van der Waals surface area contributed by atoms with Crippen LogP contribution in [0.2, 0.25) is 0 Å². The average molecular weight is 736 g/mol. The first kappa shape index (κ1) is 38.1. The normalized spacial score (nSPS) is 22.9. The molecule has 5 rings (SSSR count). The molecule has 17 heteroatoms. The number of benzene rings is 2. The number of amides is 1. The molecule has 1 amide bonds. The maximum atomic E-state index is 14.2. The van der Waals surface area contributed by atoms with E-state index >= 15 is 0 Å². The van der Waals surface area contributed by atoms with Crippen LogP contribution in [0.1, 0.15) is 49.4 Å². The fourth-order valence-electron chi connectivity index (χ4n) is 7.11. The van der Waals surface area contributed by atoms with E-state index in [-0.39, 0.29) is 77.8 Å². The monoisotopic (exact) mass is 735 g/mol. The van der Waals surface area contributed by atoms with Crippen LogP contribution >= 0.6 is 0 Å². The molecular formula is C34H34F9N3O5. The summed E-state index contributed by atoms with van der Waals surface area (Å²) in [6, 6.07) is 4.17. The van der Waals surface area contributed by atoms with Crippen LogP contribution in [0.4, 0.5) is 39.5 Å². The number of aliphatic carboxylic acids is 1. The third kappa shape index (κ3) is 7.73. The van der Waals surface area contributed by atoms with E-state index in [1.165, 1.54) is 35.2 Å². The van der Waals surface area contributed by atoms with Crippen molar-refractivity contribution in [1.29, 1.82) is 0 Å². The Kier molecular flexibility index (Phi) is 10.3. The van der Waals surface area contributed by atoms with E-state index in [0.29, 0.717) is 7.05 Å². The van der Waals surface area contributed by atoms with Crippen molar-refractivity contribution >= 4 is 22.6 Å². The molecule has 0 unspecified atom stereocenters. The minimum absolute atomic E-state index is 0.0263. The van der Waals surface area contributed by atoms with Crippen molar-refractivity contribution in [2.24, 2.45) is 12.5 Å². The highest BCUT2D eigenvalue weighted by Gasteiger charge is 2.49. The summed E-state index contributed by atoms with van der Waals surface area (Å²) in [5.41, 5.74) is -7.34. The van der Waals surface area contributed by atoms with Crippen molar-refractivity contribution in [1.82, 2.24) is 14.8 Å². The van der Waals surface area contributed by atoms with Crippen LogP contribution in [0.15, 0.2) is 47.3 Å². The minimum Gasteiger partial charge on any atom is -0.480 e. The number of ether oxygens (including phenoxy) is 1. The molecule has 2 fully saturated rings. The third-order valence-corrected chi connectivity index (χ3v) is 9.96. The lowest BCUT2D eigenvalue weighted by Crippen LogP contribution is -2.58. The van der Waals surface area contributed by atoms with Gasteiger partial charge in [-0.25, -0.2) is 4.79 Å². The lowest BCUT2D eigenvalue weighted by atomic mass is 9.72. The molecule has 278 valence electrons. The fraction of sp³-hybridized carbons (Fsp3) is 0.500. The summed E-state index contributed by atoms with van der Waals surface area (Å²) in [7, 11) is 0.709. The van der Waals surface area contributed by atoms with E-state index in [0.717, 1.165) is 6.07 Å². The van der Waals surface area contributed by atoms with Gasteiger partial charge in [-0.05, 0) is 53.6 Å². The molecule has 1 aromatic heterocycles. The second-order valence-corrected chi connectivity index (χ2v) is 13.2. The second kappa shape index (κ2) is 13.8. The Bertz CT molecular complexity index is 1860. The molecule has 51 heavy (non-hydrogen) atoms. The quantitative estimate of drug-likeness (QED) is 0.267. The Morgan fingerprint density at radius 1 is 0.980 bits per heavy atom. The van der Waals surface area contributed by atoms with Crippen LogP contribution in [-0.4, -0.2) is 70.5 Å². The smallest absolute Gasteiger partial charge is 0.431 e. The van der Waals surface area contributed by atoms with E-state index in [1.807, 2.05) is 0 Å². The highest BCUT2D eigenvalue weighted by atomic mass is 19.4. The maximum Gasteiger partial charge on any atom is 0.431 e. The van der Waals surface area contributed by atoms with Crippen molar-refractivity contribution < 1.29 is 58.9 Å². The zero-order valence-corrected chi connectivity index (χ0v) is 27.3. The number of aromatic nitrogens is 1. The van der Waals surface area contributed by atoms with Gasteiger partial charge in [0.25, 0.3) is 5.56 Å². The molecule has 2 N–H and O–H groups in total. The molecule has 2 heterocycles. The number of carbonyl (C=O) groups excluding carboxylic acids is 1. The van der Waals surface area contributed by atoms with Crippen LogP contribution < -0.4 is 10.9 Å². The van der Waals surface area contributed by atoms with Crippen LogP contribution in [-0.2, 0) is 40.1 Å². The number of nitrogens with zero attached hydrogens (tertiary/aromatic N) is 2. The number of carbonyl (C=O) groups is 2. The molecular weight excluding hydrogens is 701 g/mol. The Balaban J connectivity index is 1.41. The van der Waals surface area contributed by atoms with Crippen molar-refractivity contribution in [2.75, 3.05) is 19.8 Å². The molecule has 0 spiro atoms. The maximum absolute atomic E-state index is 14.2. The number of hydrogen-bond donors (Lipinski definition) is 2. The van der Waals surface area contributed by atoms with Gasteiger partial charge in [-0.2, -0.15) is 39.5 Å². The number of carboxylic acids is 1. The zero-order valence-electron chi connectivity index (χ0n) is 27.3. The molecule has 2 aromatic carbocycles. The van der Waals surface area contributed by atoms with Crippen LogP contribution in [0.5, 0.6) is 0 Å². The Labute approximate surface area is 285 Å². The first-order valence-electron chi connectivity index (χ1n) is 16.0. The van der Waals surface area contributed by atoms with Crippen LogP contribution in [0.3, 0.4) is 0 Å². The summed E-state index contributed by atoms with van der Waals surface area (Å²) in [4.78, 5) is 40.4. The van der Waals surface area contributed by atoms with E-state index in [4.69, 9.17) is 4.74 Å². The van der Waals surface area contributed by atoms with Gasteiger partial charge >= 0.3 is 24.5 Å². The van der Waals surface area contributed by atoms with Gasteiger partial charge in [0.1, 0.15) is 17.8 Å². The standard InChI is InChI=1S/C34H34F9N3O5/c1-31(11-9-19(10-12-31)46-13-14-51-17-26(46)34(41,42)43)30(50)44-24(29(48)49)15-18-5-3-7-21-20(18)6-4-8-22(21)27-23(32(35,36)37)16-25(33(38,39)40)45(2)28(27)47/h3-8,16,19,24,26H,9-15,17H2,1-2H3,(H,44,50)(H,48,49)/t19?,24-,26+,31?/m0/s1. The number of nitrogens with one attached hydrogen (secondary N) is 1. The van der Waals surface area contributed by atoms with Gasteiger partial charge in [-0.1, -0.05) is 43.3 Å². The molecule has 2 aliphatic rings. The van der Waals surface area contributed by atoms with Crippen molar-refractivity contribution in [2.45, 2.75) is 75.7 Å². The molecule has 1 aliphatic carbocycles. The van der Waals surface area contributed by atoms with E-state index in [1.54, 1.807) is 6.92 Å². The van der Waals surface area contributed by atoms with Gasteiger partial charge in [0, 0.05) is 31.5 Å². The third-order valence-electron chi connectivity index (χ3n) is 9.96. The van der Waals surface area contributed by atoms with Gasteiger partial charge < -0.3 is 19.7 Å². The molecule has 1 aliphatic heterocycles. The van der Waals surface area contributed by atoms with E-state index < -0.39 is 82.9 Å². The number of pyridine rings is 1. The van der Waals surface area contributed by atoms with E-state index in [9.17, 15) is 59.0 Å². The molecule has 2 atom stereocenters. The molecule has 0 bridgehead atoms. The summed E-state index contributed by atoms with van der Waals surface area (Å²) in [5.74, 6) is -2.07. The summed E-state index contributed by atoms with van der Waals surface area (Å²) in [5, 5.41) is 12.8. The SMILES string of the molecule is Cn1c(C(F)(F)F)cc(C(F)(F)F)c(-c2cccc3c(C[C@H](NC(=O)C4(C)CCC(N5CCOC[C@@H]5C(F)(F)F)CC4)C(=O)O)cccc23)c1=O. The van der Waals surface area contributed by atoms with Gasteiger partial charge in [0.05, 0.1) is 24.3 Å². The minimum atomic E-state index is -5.35. The second-order valence-electron chi connectivity index (χ2n) is 13.2. The van der Waals surface area contributed by atoms with E-state index in [2.05, 4.69) is 5.32 Å². The van der Waals surface area contributed by atoms with Crippen molar-refractivity contribution in [3.8, 4) is 11.1 Å². The Morgan fingerprint density at radius 2 is 1.61 bits per heavy atom. The number of carboxylic acid groups (broad SMARTS) is 1. The first-order valence-corrected chi connectivity index (χ1v) is 16.0. The predicted molar refractivity (Wildman–Crippen MR) is 166 cm³/mol.